The molecule has 1 aromatic carbocycles. The zero-order valence-corrected chi connectivity index (χ0v) is 11.9. The molecule has 0 heterocycles. The number of hydrogen-bond donors (Lipinski definition) is 0. The fraction of sp³-hybridized carbons (Fsp3) is 0.0909. The second kappa shape index (κ2) is 8.80. The van der Waals surface area contributed by atoms with Crippen LogP contribution in [0.4, 0.5) is 0 Å². The van der Waals surface area contributed by atoms with E-state index >= 15 is 0 Å². The van der Waals surface area contributed by atoms with Crippen molar-refractivity contribution in [2.24, 2.45) is 0 Å². The Kier molecular flexibility index (Phi) is 9.32. The fourth-order valence-corrected chi connectivity index (χ4v) is 0.574. The number of carbonyl (C=O) groups is 2. The standard InChI is InChI=1S/C7H6O2.C4H6O2.Zn/c8-7(9)6-4-2-1-3-5-6;1-3(2)4(5)6;/h1-5H,(H,8,9);1H2,2H3,(H,5,6);/q;;+2/p-2. The van der Waals surface area contributed by atoms with Crippen LogP contribution in [0.1, 0.15) is 17.3 Å². The average molecular weight is 272 g/mol. The number of rotatable bonds is 2. The van der Waals surface area contributed by atoms with Gasteiger partial charge in [-0.25, -0.2) is 0 Å². The first-order chi connectivity index (χ1) is 6.95. The van der Waals surface area contributed by atoms with Gasteiger partial charge in [-0.15, -0.1) is 0 Å². The van der Waals surface area contributed by atoms with Gasteiger partial charge in [0, 0.05) is 0 Å². The Labute approximate surface area is 106 Å². The summed E-state index contributed by atoms with van der Waals surface area (Å²) in [5.41, 5.74) is 0.285. The van der Waals surface area contributed by atoms with Gasteiger partial charge in [0.15, 0.2) is 0 Å². The number of aromatic carboxylic acids is 1. The molecule has 4 nitrogen and oxygen atoms in total. The van der Waals surface area contributed by atoms with E-state index in [1.165, 1.54) is 19.1 Å². The normalized spacial score (nSPS) is 7.81. The second-order valence-corrected chi connectivity index (χ2v) is 2.72. The van der Waals surface area contributed by atoms with Gasteiger partial charge in [-0.3, -0.25) is 0 Å². The zero-order chi connectivity index (χ0) is 11.8. The van der Waals surface area contributed by atoms with Gasteiger partial charge in [-0.05, 0) is 18.1 Å². The van der Waals surface area contributed by atoms with Crippen molar-refractivity contribution in [2.75, 3.05) is 0 Å². The molecule has 0 saturated carbocycles. The van der Waals surface area contributed by atoms with Gasteiger partial charge in [0.2, 0.25) is 0 Å². The molecule has 1 aromatic rings. The maximum atomic E-state index is 10.1. The monoisotopic (exact) mass is 270 g/mol. The van der Waals surface area contributed by atoms with Crippen molar-refractivity contribution >= 4 is 11.9 Å². The van der Waals surface area contributed by atoms with Crippen LogP contribution in [0.3, 0.4) is 0 Å². The van der Waals surface area contributed by atoms with Gasteiger partial charge in [0.05, 0.1) is 11.9 Å². The van der Waals surface area contributed by atoms with E-state index in [-0.39, 0.29) is 30.6 Å². The molecular weight excluding hydrogens is 262 g/mol. The molecule has 0 spiro atoms. The molecule has 0 unspecified atom stereocenters. The van der Waals surface area contributed by atoms with Crippen molar-refractivity contribution in [1.82, 2.24) is 0 Å². The van der Waals surface area contributed by atoms with E-state index in [1.54, 1.807) is 18.2 Å². The summed E-state index contributed by atoms with van der Waals surface area (Å²) in [6.07, 6.45) is 0. The van der Waals surface area contributed by atoms with E-state index in [2.05, 4.69) is 6.58 Å². The first-order valence-corrected chi connectivity index (χ1v) is 4.08. The third kappa shape index (κ3) is 7.88. The van der Waals surface area contributed by atoms with Gasteiger partial charge in [-0.1, -0.05) is 36.9 Å². The number of carboxylic acid groups (broad SMARTS) is 2. The summed E-state index contributed by atoms with van der Waals surface area (Å²) in [4.78, 5) is 19.6. The molecule has 1 rings (SSSR count). The van der Waals surface area contributed by atoms with E-state index in [0.717, 1.165) is 0 Å². The van der Waals surface area contributed by atoms with Gasteiger partial charge in [-0.2, -0.15) is 0 Å². The van der Waals surface area contributed by atoms with Crippen molar-refractivity contribution in [1.29, 1.82) is 0 Å². The molecule has 0 radical (unpaired) electrons. The summed E-state index contributed by atoms with van der Waals surface area (Å²) >= 11 is 0. The number of carboxylic acids is 2. The first-order valence-electron chi connectivity index (χ1n) is 4.08. The summed E-state index contributed by atoms with van der Waals surface area (Å²) in [7, 11) is 0. The van der Waals surface area contributed by atoms with Crippen LogP contribution < -0.4 is 10.2 Å². The van der Waals surface area contributed by atoms with Gasteiger partial charge in [0.1, 0.15) is 0 Å². The molecule has 80 valence electrons. The zero-order valence-electron chi connectivity index (χ0n) is 8.93. The number of benzene rings is 1. The summed E-state index contributed by atoms with van der Waals surface area (Å²) in [5.74, 6) is -2.31. The molecule has 0 bridgehead atoms. The van der Waals surface area contributed by atoms with Crippen LogP contribution in [-0.4, -0.2) is 11.9 Å². The van der Waals surface area contributed by atoms with Crippen LogP contribution in [0.25, 0.3) is 0 Å². The smallest absolute Gasteiger partial charge is 0.545 e. The molecule has 0 aliphatic carbocycles. The molecule has 0 amide bonds. The third-order valence-electron chi connectivity index (χ3n) is 1.36. The molecule has 5 heteroatoms. The fourth-order valence-electron chi connectivity index (χ4n) is 0.574. The van der Waals surface area contributed by atoms with Crippen molar-refractivity contribution < 1.29 is 39.3 Å². The molecule has 0 N–H and O–H groups in total. The van der Waals surface area contributed by atoms with Crippen LogP contribution in [0, 0.1) is 0 Å². The van der Waals surface area contributed by atoms with Crippen molar-refractivity contribution in [3.8, 4) is 0 Å². The van der Waals surface area contributed by atoms with E-state index in [4.69, 9.17) is 0 Å². The van der Waals surface area contributed by atoms with Gasteiger partial charge < -0.3 is 19.8 Å². The predicted octanol–water partition coefficient (Wildman–Crippen LogP) is -0.640. The van der Waals surface area contributed by atoms with Crippen LogP contribution in [0.5, 0.6) is 0 Å². The van der Waals surface area contributed by atoms with Crippen LogP contribution >= 0.6 is 0 Å². The van der Waals surface area contributed by atoms with Crippen molar-refractivity contribution in [3.63, 3.8) is 0 Å². The number of carbonyl (C=O) groups excluding carboxylic acids is 2. The molecule has 0 aliphatic heterocycles. The van der Waals surface area contributed by atoms with Crippen molar-refractivity contribution in [2.45, 2.75) is 6.92 Å². The Hall–Kier alpha value is -1.48. The Balaban J connectivity index is 0. The van der Waals surface area contributed by atoms with Crippen LogP contribution in [0.2, 0.25) is 0 Å². The summed E-state index contributed by atoms with van der Waals surface area (Å²) in [5, 5.41) is 19.6. The maximum Gasteiger partial charge on any atom is 2.00 e. The number of aliphatic carboxylic acids is 1. The van der Waals surface area contributed by atoms with Crippen LogP contribution in [-0.2, 0) is 24.3 Å². The summed E-state index contributed by atoms with van der Waals surface area (Å²) in [6, 6.07) is 8.06. The van der Waals surface area contributed by atoms with Gasteiger partial charge >= 0.3 is 19.5 Å². The molecule has 0 aliphatic rings. The minimum absolute atomic E-state index is 0. The average Bonchev–Trinajstić information content (AvgIpc) is 2.20. The minimum atomic E-state index is -1.19. The SMILES string of the molecule is C=C(C)C(=O)[O-].O=C([O-])c1ccccc1.[Zn+2]. The molecule has 0 fully saturated rings. The quantitative estimate of drug-likeness (QED) is 0.529. The third-order valence-corrected chi connectivity index (χ3v) is 1.36. The van der Waals surface area contributed by atoms with E-state index in [9.17, 15) is 19.8 Å². The topological polar surface area (TPSA) is 80.3 Å². The Morgan fingerprint density at radius 3 is 1.69 bits per heavy atom. The Morgan fingerprint density at radius 2 is 1.50 bits per heavy atom. The van der Waals surface area contributed by atoms with E-state index in [0.29, 0.717) is 0 Å². The Bertz CT molecular complexity index is 348. The minimum Gasteiger partial charge on any atom is -0.545 e. The van der Waals surface area contributed by atoms with E-state index in [1.807, 2.05) is 0 Å². The molecule has 0 aromatic heterocycles. The molecule has 16 heavy (non-hydrogen) atoms. The summed E-state index contributed by atoms with van der Waals surface area (Å²) in [6.45, 7) is 4.48. The summed E-state index contributed by atoms with van der Waals surface area (Å²) < 4.78 is 0. The first kappa shape index (κ1) is 16.9. The maximum absolute atomic E-state index is 10.1. The van der Waals surface area contributed by atoms with Crippen LogP contribution in [0.15, 0.2) is 42.5 Å². The predicted molar refractivity (Wildman–Crippen MR) is 50.6 cm³/mol. The van der Waals surface area contributed by atoms with E-state index < -0.39 is 11.9 Å². The largest absolute Gasteiger partial charge is 2.00 e. The number of hydrogen-bond acceptors (Lipinski definition) is 4. The van der Waals surface area contributed by atoms with Crippen molar-refractivity contribution in [3.05, 3.63) is 48.0 Å². The van der Waals surface area contributed by atoms with Gasteiger partial charge in [0.25, 0.3) is 0 Å². The molecular formula is C11H10O4Zn. The molecule has 0 saturated heterocycles. The Morgan fingerprint density at radius 1 is 1.12 bits per heavy atom. The second-order valence-electron chi connectivity index (χ2n) is 2.72. The molecule has 0 atom stereocenters.